The van der Waals surface area contributed by atoms with Crippen LogP contribution in [0.15, 0.2) is 30.6 Å². The number of nitrogens with zero attached hydrogens (tertiary/aromatic N) is 2. The second-order valence-electron chi connectivity index (χ2n) is 4.54. The van der Waals surface area contributed by atoms with Crippen LogP contribution in [0.5, 0.6) is 5.88 Å². The summed E-state index contributed by atoms with van der Waals surface area (Å²) in [6, 6.07) is 6.33. The van der Waals surface area contributed by atoms with Gasteiger partial charge >= 0.3 is 0 Å². The monoisotopic (exact) mass is 309 g/mol. The minimum atomic E-state index is -0.313. The van der Waals surface area contributed by atoms with Gasteiger partial charge in [-0.05, 0) is 30.7 Å². The second kappa shape index (κ2) is 7.33. The maximum absolute atomic E-state index is 13.9. The molecule has 2 aromatic rings. The van der Waals surface area contributed by atoms with Crippen LogP contribution in [-0.2, 0) is 6.42 Å². The maximum atomic E-state index is 13.9. The van der Waals surface area contributed by atoms with E-state index in [0.717, 1.165) is 12.2 Å². The Morgan fingerprint density at radius 1 is 1.33 bits per heavy atom. The maximum Gasteiger partial charge on any atom is 0.216 e. The highest BCUT2D eigenvalue weighted by atomic mass is 35.5. The summed E-state index contributed by atoms with van der Waals surface area (Å²) < 4.78 is 19.0. The molecular weight excluding hydrogens is 293 g/mol. The fourth-order valence-corrected chi connectivity index (χ4v) is 2.25. The van der Waals surface area contributed by atoms with Gasteiger partial charge in [-0.2, -0.15) is 0 Å². The lowest BCUT2D eigenvalue weighted by Crippen LogP contribution is -2.24. The van der Waals surface area contributed by atoms with Gasteiger partial charge in [0.2, 0.25) is 5.88 Å². The zero-order chi connectivity index (χ0) is 15.2. The van der Waals surface area contributed by atoms with E-state index in [9.17, 15) is 4.39 Å². The standard InChI is InChI=1S/C15H17ClFN3O/c1-3-18-13(14-8-15(21-2)20-9-19-14)6-10-4-5-11(16)7-12(10)17/h4-5,7-9,13,18H,3,6H2,1-2H3. The van der Waals surface area contributed by atoms with Crippen molar-refractivity contribution in [2.45, 2.75) is 19.4 Å². The van der Waals surface area contributed by atoms with Gasteiger partial charge in [0.1, 0.15) is 12.1 Å². The molecule has 1 heterocycles. The SMILES string of the molecule is CCNC(Cc1ccc(Cl)cc1F)c1cc(OC)ncn1. The van der Waals surface area contributed by atoms with Gasteiger partial charge in [0.15, 0.2) is 0 Å². The number of hydrogen-bond acceptors (Lipinski definition) is 4. The predicted octanol–water partition coefficient (Wildman–Crippen LogP) is 3.17. The van der Waals surface area contributed by atoms with Gasteiger partial charge in [0.25, 0.3) is 0 Å². The first-order valence-corrected chi connectivity index (χ1v) is 7.05. The number of likely N-dealkylation sites (N-methyl/N-ethyl adjacent to an activating group) is 1. The van der Waals surface area contributed by atoms with Crippen molar-refractivity contribution in [3.63, 3.8) is 0 Å². The third kappa shape index (κ3) is 4.12. The third-order valence-corrected chi connectivity index (χ3v) is 3.35. The Labute approximate surface area is 128 Å². The molecule has 6 heteroatoms. The van der Waals surface area contributed by atoms with E-state index in [0.29, 0.717) is 22.9 Å². The molecule has 1 aromatic heterocycles. The number of nitrogens with one attached hydrogen (secondary N) is 1. The number of ether oxygens (including phenoxy) is 1. The molecule has 0 bridgehead atoms. The van der Waals surface area contributed by atoms with E-state index < -0.39 is 0 Å². The van der Waals surface area contributed by atoms with Crippen molar-refractivity contribution in [2.24, 2.45) is 0 Å². The summed E-state index contributed by atoms with van der Waals surface area (Å²) in [5.74, 6) is 0.172. The van der Waals surface area contributed by atoms with E-state index in [1.165, 1.54) is 12.4 Å². The number of methoxy groups -OCH3 is 1. The Morgan fingerprint density at radius 3 is 2.81 bits per heavy atom. The highest BCUT2D eigenvalue weighted by Crippen LogP contribution is 2.22. The summed E-state index contributed by atoms with van der Waals surface area (Å²) in [5.41, 5.74) is 1.35. The largest absolute Gasteiger partial charge is 0.481 e. The van der Waals surface area contributed by atoms with Crippen LogP contribution < -0.4 is 10.1 Å². The van der Waals surface area contributed by atoms with Crippen LogP contribution in [0, 0.1) is 5.82 Å². The topological polar surface area (TPSA) is 47.0 Å². The first kappa shape index (κ1) is 15.7. The zero-order valence-electron chi connectivity index (χ0n) is 11.9. The van der Waals surface area contributed by atoms with Crippen molar-refractivity contribution in [3.8, 4) is 5.88 Å². The van der Waals surface area contributed by atoms with Crippen molar-refractivity contribution in [1.29, 1.82) is 0 Å². The molecule has 0 fully saturated rings. The number of aromatic nitrogens is 2. The van der Waals surface area contributed by atoms with Crippen LogP contribution in [0.2, 0.25) is 5.02 Å². The van der Waals surface area contributed by atoms with Crippen molar-refractivity contribution >= 4 is 11.6 Å². The first-order chi connectivity index (χ1) is 10.1. The Morgan fingerprint density at radius 2 is 2.14 bits per heavy atom. The molecule has 1 aromatic carbocycles. The van der Waals surface area contributed by atoms with Gasteiger partial charge in [-0.1, -0.05) is 24.6 Å². The first-order valence-electron chi connectivity index (χ1n) is 6.67. The van der Waals surface area contributed by atoms with E-state index >= 15 is 0 Å². The van der Waals surface area contributed by atoms with Gasteiger partial charge in [0, 0.05) is 11.1 Å². The molecule has 4 nitrogen and oxygen atoms in total. The molecule has 112 valence electrons. The molecule has 0 amide bonds. The molecule has 0 aliphatic rings. The van der Waals surface area contributed by atoms with E-state index in [4.69, 9.17) is 16.3 Å². The van der Waals surface area contributed by atoms with Crippen LogP contribution in [-0.4, -0.2) is 23.6 Å². The van der Waals surface area contributed by atoms with Crippen molar-refractivity contribution in [2.75, 3.05) is 13.7 Å². The number of benzene rings is 1. The third-order valence-electron chi connectivity index (χ3n) is 3.12. The Hall–Kier alpha value is -1.72. The summed E-state index contributed by atoms with van der Waals surface area (Å²) >= 11 is 5.78. The minimum absolute atomic E-state index is 0.123. The van der Waals surface area contributed by atoms with E-state index in [1.807, 2.05) is 6.92 Å². The average Bonchev–Trinajstić information content (AvgIpc) is 2.49. The highest BCUT2D eigenvalue weighted by molar-refractivity contribution is 6.30. The second-order valence-corrected chi connectivity index (χ2v) is 4.97. The fourth-order valence-electron chi connectivity index (χ4n) is 2.09. The smallest absolute Gasteiger partial charge is 0.216 e. The molecule has 21 heavy (non-hydrogen) atoms. The van der Waals surface area contributed by atoms with Gasteiger partial charge in [-0.3, -0.25) is 0 Å². The van der Waals surface area contributed by atoms with Crippen molar-refractivity contribution in [1.82, 2.24) is 15.3 Å². The average molecular weight is 310 g/mol. The van der Waals surface area contributed by atoms with Crippen molar-refractivity contribution in [3.05, 3.63) is 52.7 Å². The van der Waals surface area contributed by atoms with Gasteiger partial charge in [0.05, 0.1) is 18.8 Å². The molecule has 0 aliphatic heterocycles. The molecule has 0 radical (unpaired) electrons. The lowest BCUT2D eigenvalue weighted by Gasteiger charge is -2.18. The normalized spacial score (nSPS) is 12.2. The van der Waals surface area contributed by atoms with Crippen LogP contribution in [0.3, 0.4) is 0 Å². The van der Waals surface area contributed by atoms with Crippen LogP contribution in [0.1, 0.15) is 24.2 Å². The number of rotatable bonds is 6. The molecular formula is C15H17ClFN3O. The van der Waals surface area contributed by atoms with E-state index in [2.05, 4.69) is 15.3 Å². The van der Waals surface area contributed by atoms with E-state index in [1.54, 1.807) is 25.3 Å². The lowest BCUT2D eigenvalue weighted by atomic mass is 10.0. The Bertz CT molecular complexity index is 609. The quantitative estimate of drug-likeness (QED) is 0.890. The Kier molecular flexibility index (Phi) is 5.47. The van der Waals surface area contributed by atoms with Crippen molar-refractivity contribution < 1.29 is 9.13 Å². The van der Waals surface area contributed by atoms with Crippen LogP contribution in [0.25, 0.3) is 0 Å². The number of halogens is 2. The molecule has 0 aliphatic carbocycles. The molecule has 2 rings (SSSR count). The number of hydrogen-bond donors (Lipinski definition) is 1. The summed E-state index contributed by atoms with van der Waals surface area (Å²) in [6.45, 7) is 2.73. The lowest BCUT2D eigenvalue weighted by molar-refractivity contribution is 0.393. The molecule has 0 saturated carbocycles. The minimum Gasteiger partial charge on any atom is -0.481 e. The molecule has 1 unspecified atom stereocenters. The molecule has 0 spiro atoms. The molecule has 1 atom stereocenters. The molecule has 0 saturated heterocycles. The Balaban J connectivity index is 2.25. The van der Waals surface area contributed by atoms with Gasteiger partial charge in [-0.25, -0.2) is 14.4 Å². The van der Waals surface area contributed by atoms with Crippen LogP contribution >= 0.6 is 11.6 Å². The summed E-state index contributed by atoms with van der Waals surface area (Å²) in [6.07, 6.45) is 1.91. The fraction of sp³-hybridized carbons (Fsp3) is 0.333. The zero-order valence-corrected chi connectivity index (χ0v) is 12.7. The summed E-state index contributed by atoms with van der Waals surface area (Å²) in [4.78, 5) is 8.23. The van der Waals surface area contributed by atoms with Gasteiger partial charge in [-0.15, -0.1) is 0 Å². The van der Waals surface area contributed by atoms with E-state index in [-0.39, 0.29) is 11.9 Å². The summed E-state index contributed by atoms with van der Waals surface area (Å²) in [5, 5.41) is 3.68. The van der Waals surface area contributed by atoms with Gasteiger partial charge < -0.3 is 10.1 Å². The highest BCUT2D eigenvalue weighted by Gasteiger charge is 2.16. The summed E-state index contributed by atoms with van der Waals surface area (Å²) in [7, 11) is 1.55. The predicted molar refractivity (Wildman–Crippen MR) is 80.1 cm³/mol. The molecule has 1 N–H and O–H groups in total. The van der Waals surface area contributed by atoms with Crippen LogP contribution in [0.4, 0.5) is 4.39 Å².